The molecule has 370 valence electrons. The molecule has 10 heteroatoms. The molecule has 0 amide bonds. The van der Waals surface area contributed by atoms with E-state index in [9.17, 15) is 0 Å². The molecule has 76 heavy (non-hydrogen) atoms. The molecule has 1 saturated heterocycles. The Morgan fingerprint density at radius 2 is 0.816 bits per heavy atom. The lowest BCUT2D eigenvalue weighted by Crippen LogP contribution is -2.41. The summed E-state index contributed by atoms with van der Waals surface area (Å²) in [6.45, 7) is 8.36. The number of fused-ring (bicyclic) bond motifs is 12. The normalized spacial score (nSPS) is 14.1. The van der Waals surface area contributed by atoms with Crippen molar-refractivity contribution in [1.29, 1.82) is 0 Å². The first-order chi connectivity index (χ1) is 36.9. The highest BCUT2D eigenvalue weighted by atomic mass is 127. The van der Waals surface area contributed by atoms with E-state index in [4.69, 9.17) is 18.1 Å². The predicted octanol–water partition coefficient (Wildman–Crippen LogP) is 19.1. The van der Waals surface area contributed by atoms with Crippen molar-refractivity contribution in [2.24, 2.45) is 0 Å². The van der Waals surface area contributed by atoms with Crippen molar-refractivity contribution >= 4 is 155 Å². The molecular formula is C66H48BBr2IN2O4. The van der Waals surface area contributed by atoms with E-state index in [1.165, 1.54) is 57.3 Å². The molecule has 6 nitrogen and oxygen atoms in total. The van der Waals surface area contributed by atoms with Crippen LogP contribution in [0.1, 0.15) is 27.7 Å². The van der Waals surface area contributed by atoms with Crippen LogP contribution in [0.5, 0.6) is 0 Å². The Balaban J connectivity index is 0.000000127. The van der Waals surface area contributed by atoms with Gasteiger partial charge in [-0.1, -0.05) is 143 Å². The number of para-hydroxylation sites is 4. The number of hydrogen-bond donors (Lipinski definition) is 0. The molecule has 0 bridgehead atoms. The SMILES string of the molecule is Brc1ccccc1-c1ccc2c3ccccc3n(-c3ccc4oc5ccccc5c4c3)c2c1.Brc1ccccc1I.CC1(C)OB(c2ccc3c4ccccc4n(-c4ccc5oc6ccccc6c5c4)c3c2)OC1(C)C. The van der Waals surface area contributed by atoms with Gasteiger partial charge in [-0.25, -0.2) is 0 Å². The minimum Gasteiger partial charge on any atom is -0.456 e. The van der Waals surface area contributed by atoms with E-state index < -0.39 is 7.12 Å². The molecule has 4 aromatic heterocycles. The Hall–Kier alpha value is -6.93. The van der Waals surface area contributed by atoms with Crippen molar-refractivity contribution in [2.75, 3.05) is 0 Å². The van der Waals surface area contributed by atoms with E-state index >= 15 is 0 Å². The van der Waals surface area contributed by atoms with Gasteiger partial charge in [0.2, 0.25) is 0 Å². The van der Waals surface area contributed by atoms with Crippen molar-refractivity contribution in [3.63, 3.8) is 0 Å². The largest absolute Gasteiger partial charge is 0.494 e. The zero-order valence-corrected chi connectivity index (χ0v) is 47.4. The average molecular weight is 1230 g/mol. The standard InChI is InChI=1S/C30H26BNO3.C30H18BrNO.C6H4BrI/c1-29(2)30(3,4)35-31(34-29)19-13-15-22-21-9-5-7-11-25(21)32(26(22)17-19)20-14-16-28-24(18-20)23-10-6-8-12-27(23)33-28;31-26-10-4-1-7-21(26)19-13-15-23-22-8-2-5-11-27(22)32(28(23)17-19)20-14-16-30-25(18-20)24-9-3-6-12-29(24)33-30;7-5-3-1-2-4-6(5)8/h5-18H,1-4H3;1-18H;1-4H. The van der Waals surface area contributed by atoms with E-state index in [0.717, 1.165) is 70.7 Å². The quantitative estimate of drug-likeness (QED) is 0.130. The van der Waals surface area contributed by atoms with E-state index in [1.807, 2.05) is 48.5 Å². The molecule has 10 aromatic carbocycles. The average Bonchev–Trinajstić information content (AvgIpc) is 4.24. The van der Waals surface area contributed by atoms with Crippen LogP contribution >= 0.6 is 54.5 Å². The summed E-state index contributed by atoms with van der Waals surface area (Å²) in [7, 11) is -0.406. The second-order valence-electron chi connectivity index (χ2n) is 20.3. The summed E-state index contributed by atoms with van der Waals surface area (Å²) in [5.74, 6) is 0. The molecule has 0 radical (unpaired) electrons. The van der Waals surface area contributed by atoms with Gasteiger partial charge >= 0.3 is 7.12 Å². The molecule has 0 aliphatic carbocycles. The van der Waals surface area contributed by atoms with Gasteiger partial charge in [0.05, 0.1) is 33.3 Å². The number of nitrogens with zero attached hydrogens (tertiary/aromatic N) is 2. The molecule has 1 fully saturated rings. The predicted molar refractivity (Wildman–Crippen MR) is 332 cm³/mol. The maximum atomic E-state index is 6.37. The van der Waals surface area contributed by atoms with Gasteiger partial charge in [0.15, 0.2) is 0 Å². The third kappa shape index (κ3) is 8.46. The summed E-state index contributed by atoms with van der Waals surface area (Å²) < 4.78 is 33.1. The van der Waals surface area contributed by atoms with Crippen molar-refractivity contribution in [1.82, 2.24) is 9.13 Å². The van der Waals surface area contributed by atoms with Gasteiger partial charge in [-0.05, 0) is 174 Å². The van der Waals surface area contributed by atoms with Crippen LogP contribution in [0.3, 0.4) is 0 Å². The fourth-order valence-electron chi connectivity index (χ4n) is 10.6. The van der Waals surface area contributed by atoms with Crippen LogP contribution in [0.2, 0.25) is 0 Å². The molecular weight excluding hydrogens is 1180 g/mol. The van der Waals surface area contributed by atoms with E-state index in [1.54, 1.807) is 0 Å². The Bertz CT molecular complexity index is 4530. The first kappa shape index (κ1) is 48.7. The maximum absolute atomic E-state index is 6.37. The van der Waals surface area contributed by atoms with Crippen LogP contribution in [-0.4, -0.2) is 27.5 Å². The van der Waals surface area contributed by atoms with Gasteiger partial charge < -0.3 is 27.3 Å². The molecule has 0 atom stereocenters. The third-order valence-corrected chi connectivity index (χ3v) is 18.2. The van der Waals surface area contributed by atoms with Crippen LogP contribution in [0.4, 0.5) is 0 Å². The summed E-state index contributed by atoms with van der Waals surface area (Å²) in [5, 5.41) is 9.45. The zero-order chi connectivity index (χ0) is 51.9. The number of hydrogen-bond acceptors (Lipinski definition) is 4. The van der Waals surface area contributed by atoms with Crippen LogP contribution in [-0.2, 0) is 9.31 Å². The molecule has 0 spiro atoms. The van der Waals surface area contributed by atoms with Crippen LogP contribution in [0.25, 0.3) is 110 Å². The third-order valence-electron chi connectivity index (χ3n) is 15.1. The number of halogens is 3. The number of furan rings is 2. The topological polar surface area (TPSA) is 54.6 Å². The van der Waals surface area contributed by atoms with Crippen molar-refractivity contribution in [3.05, 3.63) is 231 Å². The van der Waals surface area contributed by atoms with Crippen molar-refractivity contribution in [3.8, 4) is 22.5 Å². The minimum atomic E-state index is -0.406. The van der Waals surface area contributed by atoms with Gasteiger partial charge in [-0.15, -0.1) is 0 Å². The minimum absolute atomic E-state index is 0.382. The van der Waals surface area contributed by atoms with E-state index in [-0.39, 0.29) is 11.2 Å². The first-order valence-corrected chi connectivity index (χ1v) is 28.0. The molecule has 14 aromatic rings. The lowest BCUT2D eigenvalue weighted by atomic mass is 9.79. The molecule has 0 N–H and O–H groups in total. The maximum Gasteiger partial charge on any atom is 0.494 e. The molecule has 15 rings (SSSR count). The Morgan fingerprint density at radius 1 is 0.382 bits per heavy atom. The van der Waals surface area contributed by atoms with Gasteiger partial charge in [0.25, 0.3) is 0 Å². The molecule has 5 heterocycles. The highest BCUT2D eigenvalue weighted by Gasteiger charge is 2.51. The lowest BCUT2D eigenvalue weighted by Gasteiger charge is -2.32. The van der Waals surface area contributed by atoms with Gasteiger partial charge in [0.1, 0.15) is 22.3 Å². The summed E-state index contributed by atoms with van der Waals surface area (Å²) in [6.07, 6.45) is 0. The smallest absolute Gasteiger partial charge is 0.456 e. The van der Waals surface area contributed by atoms with Gasteiger partial charge in [0, 0.05) is 67.0 Å². The highest BCUT2D eigenvalue weighted by Crippen LogP contribution is 2.41. The Morgan fingerprint density at radius 3 is 1.34 bits per heavy atom. The summed E-state index contributed by atoms with van der Waals surface area (Å²) >= 11 is 9.39. The second-order valence-corrected chi connectivity index (χ2v) is 23.1. The Labute approximate surface area is 470 Å². The van der Waals surface area contributed by atoms with Crippen LogP contribution < -0.4 is 5.46 Å². The highest BCUT2D eigenvalue weighted by molar-refractivity contribution is 14.1. The number of rotatable bonds is 4. The lowest BCUT2D eigenvalue weighted by molar-refractivity contribution is 0.00578. The van der Waals surface area contributed by atoms with Crippen LogP contribution in [0.15, 0.2) is 236 Å². The van der Waals surface area contributed by atoms with E-state index in [0.29, 0.717) is 0 Å². The van der Waals surface area contributed by atoms with Gasteiger partial charge in [-0.3, -0.25) is 0 Å². The fourth-order valence-corrected chi connectivity index (χ4v) is 11.8. The zero-order valence-electron chi connectivity index (χ0n) is 42.0. The molecule has 1 aliphatic rings. The number of aromatic nitrogens is 2. The molecule has 0 unspecified atom stereocenters. The van der Waals surface area contributed by atoms with Gasteiger partial charge in [-0.2, -0.15) is 0 Å². The summed E-state index contributed by atoms with van der Waals surface area (Å²) in [5.41, 5.74) is 13.2. The first-order valence-electron chi connectivity index (χ1n) is 25.3. The fraction of sp³-hybridized carbons (Fsp3) is 0.0909. The van der Waals surface area contributed by atoms with E-state index in [2.05, 4.69) is 261 Å². The summed E-state index contributed by atoms with van der Waals surface area (Å²) in [4.78, 5) is 0. The second kappa shape index (κ2) is 19.3. The van der Waals surface area contributed by atoms with Crippen molar-refractivity contribution in [2.45, 2.75) is 38.9 Å². The molecule has 1 aliphatic heterocycles. The monoisotopic (exact) mass is 1230 g/mol. The number of benzene rings is 10. The molecule has 0 saturated carbocycles. The van der Waals surface area contributed by atoms with Crippen molar-refractivity contribution < 1.29 is 18.1 Å². The Kier molecular flexibility index (Phi) is 12.3. The van der Waals surface area contributed by atoms with Crippen LogP contribution in [0, 0.1) is 3.57 Å². The summed E-state index contributed by atoms with van der Waals surface area (Å²) in [6, 6.07) is 76.4.